The summed E-state index contributed by atoms with van der Waals surface area (Å²) in [5.41, 5.74) is 6.81. The molecule has 0 unspecified atom stereocenters. The molecule has 0 radical (unpaired) electrons. The molecule has 1 aromatic carbocycles. The first-order valence-corrected chi connectivity index (χ1v) is 6.03. The Morgan fingerprint density at radius 2 is 1.79 bits per heavy atom. The van der Waals surface area contributed by atoms with Crippen LogP contribution >= 0.6 is 12.4 Å². The lowest BCUT2D eigenvalue weighted by Gasteiger charge is -2.13. The molecule has 1 heterocycles. The third-order valence-corrected chi connectivity index (χ3v) is 2.91. The van der Waals surface area contributed by atoms with Crippen molar-refractivity contribution in [3.63, 3.8) is 0 Å². The minimum atomic E-state index is -3.57. The monoisotopic (exact) mass is 293 g/mol. The third kappa shape index (κ3) is 3.94. The predicted octanol–water partition coefficient (Wildman–Crippen LogP) is 3.87. The van der Waals surface area contributed by atoms with Crippen molar-refractivity contribution in [2.45, 2.75) is 39.0 Å². The number of halogens is 3. The molecule has 1 aliphatic rings. The van der Waals surface area contributed by atoms with E-state index in [1.54, 1.807) is 6.07 Å². The van der Waals surface area contributed by atoms with Crippen LogP contribution in [0.5, 0.6) is 11.5 Å². The number of rotatable bonds is 4. The first-order valence-electron chi connectivity index (χ1n) is 6.03. The number of fused-ring (bicyclic) bond motifs is 1. The number of nitrogens with two attached hydrogens (primary N) is 1. The molecule has 0 bridgehead atoms. The molecule has 0 saturated carbocycles. The highest BCUT2D eigenvalue weighted by Gasteiger charge is 2.43. The number of benzene rings is 1. The lowest BCUT2D eigenvalue weighted by Crippen LogP contribution is -2.25. The fourth-order valence-corrected chi connectivity index (χ4v) is 1.88. The Balaban J connectivity index is 0.00000180. The number of hydrogen-bond donors (Lipinski definition) is 1. The van der Waals surface area contributed by atoms with Crippen LogP contribution in [0.4, 0.5) is 8.78 Å². The van der Waals surface area contributed by atoms with Gasteiger partial charge in [-0.1, -0.05) is 19.9 Å². The minimum absolute atomic E-state index is 0. The highest BCUT2D eigenvalue weighted by Crippen LogP contribution is 2.42. The molecule has 6 heteroatoms. The Hall–Kier alpha value is -1.07. The molecule has 0 saturated heterocycles. The highest BCUT2D eigenvalue weighted by molar-refractivity contribution is 5.85. The van der Waals surface area contributed by atoms with Crippen molar-refractivity contribution in [1.29, 1.82) is 0 Å². The molecule has 1 atom stereocenters. The Morgan fingerprint density at radius 3 is 2.42 bits per heavy atom. The maximum Gasteiger partial charge on any atom is 0.586 e. The van der Waals surface area contributed by atoms with E-state index in [-0.39, 0.29) is 29.9 Å². The predicted molar refractivity (Wildman–Crippen MR) is 70.9 cm³/mol. The molecule has 19 heavy (non-hydrogen) atoms. The second-order valence-electron chi connectivity index (χ2n) is 4.95. The Labute approximate surface area is 117 Å². The van der Waals surface area contributed by atoms with Gasteiger partial charge in [-0.2, -0.15) is 0 Å². The van der Waals surface area contributed by atoms with Gasteiger partial charge in [-0.25, -0.2) is 0 Å². The fraction of sp³-hybridized carbons (Fsp3) is 0.538. The molecular formula is C13H18ClF2NO2. The zero-order valence-corrected chi connectivity index (χ0v) is 11.7. The molecule has 2 rings (SSSR count). The summed E-state index contributed by atoms with van der Waals surface area (Å²) in [6.45, 7) is 4.24. The summed E-state index contributed by atoms with van der Waals surface area (Å²) < 4.78 is 34.4. The smallest absolute Gasteiger partial charge is 0.395 e. The number of alkyl halides is 2. The van der Waals surface area contributed by atoms with E-state index in [2.05, 4.69) is 23.3 Å². The van der Waals surface area contributed by atoms with Gasteiger partial charge in [0.15, 0.2) is 11.5 Å². The zero-order valence-electron chi connectivity index (χ0n) is 10.9. The number of ether oxygens (including phenoxy) is 2. The first-order chi connectivity index (χ1) is 8.37. The Bertz CT molecular complexity index is 441. The fourth-order valence-electron chi connectivity index (χ4n) is 1.88. The SMILES string of the molecule is CC(C)CC[C@@H](N)c1ccc2c(c1)OC(F)(F)O2.Cl. The van der Waals surface area contributed by atoms with Crippen LogP contribution in [0.3, 0.4) is 0 Å². The van der Waals surface area contributed by atoms with E-state index in [0.29, 0.717) is 5.92 Å². The van der Waals surface area contributed by atoms with E-state index in [1.807, 2.05) is 0 Å². The molecule has 3 nitrogen and oxygen atoms in total. The molecule has 0 aromatic heterocycles. The van der Waals surface area contributed by atoms with E-state index in [9.17, 15) is 8.78 Å². The third-order valence-electron chi connectivity index (χ3n) is 2.91. The summed E-state index contributed by atoms with van der Waals surface area (Å²) in [5.74, 6) is 0.673. The van der Waals surface area contributed by atoms with Crippen LogP contribution in [-0.2, 0) is 0 Å². The van der Waals surface area contributed by atoms with Crippen molar-refractivity contribution in [2.24, 2.45) is 11.7 Å². The Kier molecular flexibility index (Phi) is 4.98. The van der Waals surface area contributed by atoms with Gasteiger partial charge in [0.05, 0.1) is 0 Å². The second-order valence-corrected chi connectivity index (χ2v) is 4.95. The highest BCUT2D eigenvalue weighted by atomic mass is 35.5. The van der Waals surface area contributed by atoms with Crippen LogP contribution in [0, 0.1) is 5.92 Å². The van der Waals surface area contributed by atoms with Crippen molar-refractivity contribution in [3.05, 3.63) is 23.8 Å². The minimum Gasteiger partial charge on any atom is -0.395 e. The van der Waals surface area contributed by atoms with E-state index in [1.165, 1.54) is 12.1 Å². The largest absolute Gasteiger partial charge is 0.586 e. The van der Waals surface area contributed by atoms with Gasteiger partial charge in [0.25, 0.3) is 0 Å². The summed E-state index contributed by atoms with van der Waals surface area (Å²) in [6, 6.07) is 4.53. The topological polar surface area (TPSA) is 44.5 Å². The molecule has 0 aliphatic carbocycles. The normalized spacial score (nSPS) is 17.2. The van der Waals surface area contributed by atoms with Gasteiger partial charge >= 0.3 is 6.29 Å². The van der Waals surface area contributed by atoms with Crippen LogP contribution in [-0.4, -0.2) is 6.29 Å². The quantitative estimate of drug-likeness (QED) is 0.916. The van der Waals surface area contributed by atoms with Crippen LogP contribution in [0.2, 0.25) is 0 Å². The summed E-state index contributed by atoms with van der Waals surface area (Å²) in [5, 5.41) is 0. The van der Waals surface area contributed by atoms with Gasteiger partial charge < -0.3 is 15.2 Å². The van der Waals surface area contributed by atoms with Crippen molar-refractivity contribution in [3.8, 4) is 11.5 Å². The van der Waals surface area contributed by atoms with Gasteiger partial charge in [-0.05, 0) is 36.5 Å². The van der Waals surface area contributed by atoms with Crippen molar-refractivity contribution < 1.29 is 18.3 Å². The van der Waals surface area contributed by atoms with Crippen molar-refractivity contribution in [2.75, 3.05) is 0 Å². The standard InChI is InChI=1S/C13H17F2NO2.ClH/c1-8(2)3-5-10(16)9-4-6-11-12(7-9)18-13(14,15)17-11;/h4,6-8,10H,3,5,16H2,1-2H3;1H/t10-;/m1./s1. The van der Waals surface area contributed by atoms with Gasteiger partial charge in [0, 0.05) is 6.04 Å². The van der Waals surface area contributed by atoms with Crippen molar-refractivity contribution >= 4 is 12.4 Å². The lowest BCUT2D eigenvalue weighted by molar-refractivity contribution is -0.286. The molecular weight excluding hydrogens is 276 g/mol. The molecule has 0 amide bonds. The van der Waals surface area contributed by atoms with Gasteiger partial charge in [-0.3, -0.25) is 0 Å². The average molecular weight is 294 g/mol. The van der Waals surface area contributed by atoms with Gasteiger partial charge in [-0.15, -0.1) is 21.2 Å². The number of hydrogen-bond acceptors (Lipinski definition) is 3. The lowest BCUT2D eigenvalue weighted by atomic mass is 9.98. The van der Waals surface area contributed by atoms with E-state index in [4.69, 9.17) is 5.73 Å². The Morgan fingerprint density at radius 1 is 1.16 bits per heavy atom. The van der Waals surface area contributed by atoms with E-state index < -0.39 is 6.29 Å². The molecule has 1 aromatic rings. The van der Waals surface area contributed by atoms with Crippen LogP contribution in [0.1, 0.15) is 38.3 Å². The summed E-state index contributed by atoms with van der Waals surface area (Å²) in [6.07, 6.45) is -1.76. The average Bonchev–Trinajstić information content (AvgIpc) is 2.58. The summed E-state index contributed by atoms with van der Waals surface area (Å²) in [4.78, 5) is 0. The van der Waals surface area contributed by atoms with Crippen LogP contribution in [0.15, 0.2) is 18.2 Å². The molecule has 108 valence electrons. The van der Waals surface area contributed by atoms with Crippen LogP contribution < -0.4 is 15.2 Å². The summed E-state index contributed by atoms with van der Waals surface area (Å²) >= 11 is 0. The molecule has 0 spiro atoms. The summed E-state index contributed by atoms with van der Waals surface area (Å²) in [7, 11) is 0. The molecule has 1 aliphatic heterocycles. The second kappa shape index (κ2) is 5.92. The maximum absolute atomic E-state index is 12.8. The molecule has 2 N–H and O–H groups in total. The van der Waals surface area contributed by atoms with Crippen LogP contribution in [0.25, 0.3) is 0 Å². The maximum atomic E-state index is 12.8. The zero-order chi connectivity index (χ0) is 13.3. The van der Waals surface area contributed by atoms with Gasteiger partial charge in [0.1, 0.15) is 0 Å². The first kappa shape index (κ1) is 16.0. The van der Waals surface area contributed by atoms with E-state index in [0.717, 1.165) is 18.4 Å². The van der Waals surface area contributed by atoms with Crippen molar-refractivity contribution in [1.82, 2.24) is 0 Å². The molecule has 0 fully saturated rings. The van der Waals surface area contributed by atoms with E-state index >= 15 is 0 Å². The van der Waals surface area contributed by atoms with Gasteiger partial charge in [0.2, 0.25) is 0 Å².